The highest BCUT2D eigenvalue weighted by molar-refractivity contribution is 6.28. The fourth-order valence-corrected chi connectivity index (χ4v) is 0.791. The van der Waals surface area contributed by atoms with Crippen molar-refractivity contribution in [3.8, 4) is 0 Å². The van der Waals surface area contributed by atoms with Crippen molar-refractivity contribution in [2.45, 2.75) is 19.8 Å². The molecule has 1 aromatic heterocycles. The van der Waals surface area contributed by atoms with E-state index < -0.39 is 0 Å². The van der Waals surface area contributed by atoms with E-state index >= 15 is 0 Å². The fourth-order valence-electron chi connectivity index (χ4n) is 0.639. The molecule has 1 aromatic rings. The van der Waals surface area contributed by atoms with Crippen LogP contribution in [-0.4, -0.2) is 0 Å². The van der Waals surface area contributed by atoms with Crippen LogP contribution in [0.25, 0.3) is 0 Å². The Morgan fingerprint density at radius 1 is 1.44 bits per heavy atom. The van der Waals surface area contributed by atoms with Crippen LogP contribution in [0, 0.1) is 0 Å². The van der Waals surface area contributed by atoms with E-state index in [1.165, 1.54) is 0 Å². The number of hydrogen-bond acceptors (Lipinski definition) is 1. The average molecular weight is 145 g/mol. The Morgan fingerprint density at radius 2 is 2.11 bits per heavy atom. The molecule has 1 nitrogen and oxygen atoms in total. The van der Waals surface area contributed by atoms with Gasteiger partial charge in [-0.2, -0.15) is 0 Å². The van der Waals surface area contributed by atoms with Gasteiger partial charge in [-0.25, -0.2) is 0 Å². The zero-order valence-electron chi connectivity index (χ0n) is 5.52. The van der Waals surface area contributed by atoms with Gasteiger partial charge < -0.3 is 4.42 Å². The van der Waals surface area contributed by atoms with Crippen LogP contribution in [0.2, 0.25) is 5.22 Å². The Balaban J connectivity index is 2.85. The lowest BCUT2D eigenvalue weighted by Crippen LogP contribution is -1.79. The van der Waals surface area contributed by atoms with Gasteiger partial charge >= 0.3 is 0 Å². The van der Waals surface area contributed by atoms with E-state index in [-0.39, 0.29) is 0 Å². The molecule has 9 heavy (non-hydrogen) atoms. The molecule has 0 fully saturated rings. The summed E-state index contributed by atoms with van der Waals surface area (Å²) in [5.74, 6) is 1.37. The molecule has 0 radical (unpaired) electrons. The van der Waals surface area contributed by atoms with Crippen LogP contribution in [0.3, 0.4) is 0 Å². The van der Waals surface area contributed by atoms with Crippen LogP contribution in [0.4, 0.5) is 0 Å². The van der Waals surface area contributed by atoms with Crippen molar-refractivity contribution in [2.75, 3.05) is 0 Å². The Kier molecular flexibility index (Phi) is 1.81. The predicted molar refractivity (Wildman–Crippen MR) is 37.8 cm³/mol. The molecule has 0 atom stereocenters. The van der Waals surface area contributed by atoms with Gasteiger partial charge in [-0.3, -0.25) is 0 Å². The van der Waals surface area contributed by atoms with Crippen molar-refractivity contribution in [1.29, 1.82) is 0 Å². The highest BCUT2D eigenvalue weighted by Crippen LogP contribution is 2.20. The molecule has 0 spiro atoms. The molecule has 0 saturated carbocycles. The van der Waals surface area contributed by atoms with Crippen LogP contribution >= 0.6 is 11.6 Å². The lowest BCUT2D eigenvalue weighted by molar-refractivity contribution is 0.488. The standard InChI is InChI=1S/C7H9ClO/c1-5(2)6-3-4-7(8)9-6/h3-5H,1-2H3. The number of furan rings is 1. The van der Waals surface area contributed by atoms with E-state index in [4.69, 9.17) is 16.0 Å². The summed E-state index contributed by atoms with van der Waals surface area (Å²) in [5.41, 5.74) is 0. The van der Waals surface area contributed by atoms with Gasteiger partial charge in [0, 0.05) is 5.92 Å². The Labute approximate surface area is 59.6 Å². The third kappa shape index (κ3) is 1.49. The van der Waals surface area contributed by atoms with E-state index in [2.05, 4.69) is 13.8 Å². The minimum atomic E-state index is 0.428. The zero-order valence-corrected chi connectivity index (χ0v) is 6.27. The molecule has 50 valence electrons. The van der Waals surface area contributed by atoms with Crippen molar-refractivity contribution in [1.82, 2.24) is 0 Å². The van der Waals surface area contributed by atoms with E-state index in [0.717, 1.165) is 5.76 Å². The molecule has 0 aliphatic heterocycles. The maximum Gasteiger partial charge on any atom is 0.193 e. The second-order valence-corrected chi connectivity index (χ2v) is 2.67. The normalized spacial score (nSPS) is 10.7. The van der Waals surface area contributed by atoms with E-state index in [1.807, 2.05) is 6.07 Å². The maximum absolute atomic E-state index is 5.54. The first-order chi connectivity index (χ1) is 4.20. The number of halogens is 1. The molecule has 0 amide bonds. The topological polar surface area (TPSA) is 13.1 Å². The fraction of sp³-hybridized carbons (Fsp3) is 0.429. The molecule has 0 aromatic carbocycles. The van der Waals surface area contributed by atoms with Gasteiger partial charge in [0.1, 0.15) is 5.76 Å². The quantitative estimate of drug-likeness (QED) is 0.591. The third-order valence-corrected chi connectivity index (χ3v) is 1.37. The summed E-state index contributed by atoms with van der Waals surface area (Å²) in [6, 6.07) is 3.66. The Bertz CT molecular complexity index is 191. The van der Waals surface area contributed by atoms with Crippen LogP contribution in [0.15, 0.2) is 16.5 Å². The van der Waals surface area contributed by atoms with E-state index in [9.17, 15) is 0 Å². The van der Waals surface area contributed by atoms with Crippen molar-refractivity contribution in [3.63, 3.8) is 0 Å². The molecule has 0 N–H and O–H groups in total. The van der Waals surface area contributed by atoms with Crippen molar-refractivity contribution >= 4 is 11.6 Å². The van der Waals surface area contributed by atoms with Gasteiger partial charge in [-0.05, 0) is 23.7 Å². The van der Waals surface area contributed by atoms with Crippen molar-refractivity contribution < 1.29 is 4.42 Å². The summed E-state index contributed by atoms with van der Waals surface area (Å²) in [5, 5.41) is 0.471. The summed E-state index contributed by atoms with van der Waals surface area (Å²) in [7, 11) is 0. The van der Waals surface area contributed by atoms with Crippen LogP contribution < -0.4 is 0 Å². The van der Waals surface area contributed by atoms with E-state index in [0.29, 0.717) is 11.1 Å². The average Bonchev–Trinajstić information content (AvgIpc) is 2.14. The number of rotatable bonds is 1. The largest absolute Gasteiger partial charge is 0.449 e. The Hall–Kier alpha value is -0.430. The van der Waals surface area contributed by atoms with Crippen LogP contribution in [0.5, 0.6) is 0 Å². The second kappa shape index (κ2) is 2.44. The van der Waals surface area contributed by atoms with Crippen molar-refractivity contribution in [2.24, 2.45) is 0 Å². The molecule has 2 heteroatoms. The van der Waals surface area contributed by atoms with Gasteiger partial charge in [-0.1, -0.05) is 13.8 Å². The summed E-state index contributed by atoms with van der Waals surface area (Å²) >= 11 is 5.54. The minimum absolute atomic E-state index is 0.428. The Morgan fingerprint density at radius 3 is 2.33 bits per heavy atom. The first-order valence-electron chi connectivity index (χ1n) is 2.95. The monoisotopic (exact) mass is 144 g/mol. The summed E-state index contributed by atoms with van der Waals surface area (Å²) in [6.07, 6.45) is 0. The molecule has 0 bridgehead atoms. The SMILES string of the molecule is CC(C)c1ccc(Cl)o1. The van der Waals surface area contributed by atoms with Gasteiger partial charge in [0.15, 0.2) is 5.22 Å². The minimum Gasteiger partial charge on any atom is -0.449 e. The van der Waals surface area contributed by atoms with Gasteiger partial charge in [0.05, 0.1) is 0 Å². The van der Waals surface area contributed by atoms with Gasteiger partial charge in [0.2, 0.25) is 0 Å². The van der Waals surface area contributed by atoms with Crippen LogP contribution in [0.1, 0.15) is 25.5 Å². The zero-order chi connectivity index (χ0) is 6.85. The number of hydrogen-bond donors (Lipinski definition) is 0. The summed E-state index contributed by atoms with van der Waals surface area (Å²) in [6.45, 7) is 4.13. The van der Waals surface area contributed by atoms with Gasteiger partial charge in [0.25, 0.3) is 0 Å². The first kappa shape index (κ1) is 6.69. The van der Waals surface area contributed by atoms with Crippen LogP contribution in [-0.2, 0) is 0 Å². The molecule has 0 aliphatic rings. The third-order valence-electron chi connectivity index (χ3n) is 1.16. The van der Waals surface area contributed by atoms with Gasteiger partial charge in [-0.15, -0.1) is 0 Å². The summed E-state index contributed by atoms with van der Waals surface area (Å²) < 4.78 is 5.11. The molecule has 0 saturated heterocycles. The molecule has 0 unspecified atom stereocenters. The highest BCUT2D eigenvalue weighted by Gasteiger charge is 2.02. The maximum atomic E-state index is 5.54. The molecular formula is C7H9ClO. The first-order valence-corrected chi connectivity index (χ1v) is 3.33. The smallest absolute Gasteiger partial charge is 0.193 e. The molecule has 0 aliphatic carbocycles. The molecule has 1 rings (SSSR count). The molecule has 1 heterocycles. The predicted octanol–water partition coefficient (Wildman–Crippen LogP) is 3.06. The lowest BCUT2D eigenvalue weighted by Gasteiger charge is -1.95. The highest BCUT2D eigenvalue weighted by atomic mass is 35.5. The lowest BCUT2D eigenvalue weighted by atomic mass is 10.2. The summed E-state index contributed by atoms with van der Waals surface area (Å²) in [4.78, 5) is 0. The second-order valence-electron chi connectivity index (χ2n) is 2.30. The van der Waals surface area contributed by atoms with Crippen molar-refractivity contribution in [3.05, 3.63) is 23.1 Å². The van der Waals surface area contributed by atoms with E-state index in [1.54, 1.807) is 6.07 Å². The molecular weight excluding hydrogens is 136 g/mol.